The molecule has 6 aromatic heterocycles. The van der Waals surface area contributed by atoms with Gasteiger partial charge in [0.25, 0.3) is 0 Å². The van der Waals surface area contributed by atoms with E-state index in [0.29, 0.717) is 0 Å². The molecular weight excluding hydrogens is 1130 g/mol. The van der Waals surface area contributed by atoms with Crippen molar-refractivity contribution in [3.63, 3.8) is 0 Å². The molecule has 0 aliphatic heterocycles. The van der Waals surface area contributed by atoms with Gasteiger partial charge in [0, 0.05) is 62.5 Å². The lowest BCUT2D eigenvalue weighted by Crippen LogP contribution is -1.93. The van der Waals surface area contributed by atoms with Crippen molar-refractivity contribution in [1.29, 1.82) is 0 Å². The van der Waals surface area contributed by atoms with Gasteiger partial charge in [0.1, 0.15) is 22.2 Å². The van der Waals surface area contributed by atoms with E-state index in [9.17, 15) is 0 Å². The highest BCUT2D eigenvalue weighted by atomic mass is 32.1. The van der Waals surface area contributed by atoms with Crippen LogP contribution in [0.15, 0.2) is 312 Å². The Morgan fingerprint density at radius 2 is 0.678 bits per heavy atom. The van der Waals surface area contributed by atoms with Crippen LogP contribution in [0.25, 0.3) is 184 Å². The SMILES string of the molecule is c1ccc(-n2c3ccccc3c3oc4cccc(-c5ccc(-c6ccc7c(c6)sc6cc8ccccc8cc67)cc5)c4c32)cc1.c1ccc(-n2c3ccccc3c3oc4cccc(-c5ccc(-c6ccc7c(c6)sc6ccc8ccccc8c67)cc5)c4c32)cc1. The number of hydrogen-bond donors (Lipinski definition) is 0. The van der Waals surface area contributed by atoms with Gasteiger partial charge in [0.05, 0.1) is 21.8 Å². The van der Waals surface area contributed by atoms with Crippen LogP contribution < -0.4 is 0 Å². The van der Waals surface area contributed by atoms with Crippen molar-refractivity contribution in [3.05, 3.63) is 303 Å². The smallest absolute Gasteiger partial charge is 0.161 e. The molecule has 6 heteroatoms. The molecule has 0 N–H and O–H groups in total. The molecule has 14 aromatic carbocycles. The first-order valence-electron chi connectivity index (χ1n) is 30.5. The molecule has 20 rings (SSSR count). The Labute approximate surface area is 524 Å². The lowest BCUT2D eigenvalue weighted by Gasteiger charge is -2.10. The first kappa shape index (κ1) is 50.8. The van der Waals surface area contributed by atoms with Crippen molar-refractivity contribution in [1.82, 2.24) is 9.13 Å². The number of rotatable bonds is 6. The Morgan fingerprint density at radius 1 is 0.244 bits per heavy atom. The van der Waals surface area contributed by atoms with E-state index in [2.05, 4.69) is 312 Å². The molecule has 20 aromatic rings. The van der Waals surface area contributed by atoms with E-state index >= 15 is 0 Å². The third kappa shape index (κ3) is 7.92. The molecule has 0 radical (unpaired) electrons. The van der Waals surface area contributed by atoms with Gasteiger partial charge in [-0.2, -0.15) is 0 Å². The summed E-state index contributed by atoms with van der Waals surface area (Å²) in [6.07, 6.45) is 0. The number of fused-ring (bicyclic) bond motifs is 19. The molecule has 0 saturated carbocycles. The average Bonchev–Trinajstić information content (AvgIpc) is 1.60. The van der Waals surface area contributed by atoms with Crippen molar-refractivity contribution in [2.75, 3.05) is 0 Å². The van der Waals surface area contributed by atoms with Crippen LogP contribution >= 0.6 is 22.7 Å². The largest absolute Gasteiger partial charge is 0.454 e. The molecule has 0 aliphatic carbocycles. The fraction of sp³-hybridized carbons (Fsp3) is 0. The number of hydrogen-bond acceptors (Lipinski definition) is 4. The first-order valence-corrected chi connectivity index (χ1v) is 32.2. The predicted octanol–water partition coefficient (Wildman–Crippen LogP) is 24.8. The van der Waals surface area contributed by atoms with Gasteiger partial charge in [0.15, 0.2) is 11.2 Å². The van der Waals surface area contributed by atoms with Crippen LogP contribution in [0.4, 0.5) is 0 Å². The highest BCUT2D eigenvalue weighted by molar-refractivity contribution is 7.26. The zero-order chi connectivity index (χ0) is 59.0. The first-order chi connectivity index (χ1) is 44.6. The third-order valence-electron chi connectivity index (χ3n) is 18.4. The summed E-state index contributed by atoms with van der Waals surface area (Å²) >= 11 is 3.75. The second-order valence-electron chi connectivity index (χ2n) is 23.4. The summed E-state index contributed by atoms with van der Waals surface area (Å²) in [5.41, 5.74) is 20.0. The molecule has 0 amide bonds. The number of nitrogens with zero attached hydrogens (tertiary/aromatic N) is 2. The quantitative estimate of drug-likeness (QED) is 0.166. The summed E-state index contributed by atoms with van der Waals surface area (Å²) in [6, 6.07) is 109. The van der Waals surface area contributed by atoms with Crippen molar-refractivity contribution >= 4 is 151 Å². The lowest BCUT2D eigenvalue weighted by atomic mass is 9.97. The predicted molar refractivity (Wildman–Crippen MR) is 384 cm³/mol. The summed E-state index contributed by atoms with van der Waals surface area (Å²) in [5, 5.41) is 15.1. The van der Waals surface area contributed by atoms with E-state index < -0.39 is 0 Å². The van der Waals surface area contributed by atoms with Gasteiger partial charge < -0.3 is 18.0 Å². The molecule has 420 valence electrons. The number of aromatic nitrogens is 2. The summed E-state index contributed by atoms with van der Waals surface area (Å²) in [6.45, 7) is 0. The summed E-state index contributed by atoms with van der Waals surface area (Å²) in [7, 11) is 0. The van der Waals surface area contributed by atoms with E-state index in [1.807, 2.05) is 22.7 Å². The molecule has 0 spiro atoms. The number of para-hydroxylation sites is 4. The van der Waals surface area contributed by atoms with Gasteiger partial charge in [-0.1, -0.05) is 212 Å². The van der Waals surface area contributed by atoms with E-state index in [-0.39, 0.29) is 0 Å². The van der Waals surface area contributed by atoms with E-state index in [0.717, 1.165) is 77.3 Å². The van der Waals surface area contributed by atoms with Gasteiger partial charge in [-0.25, -0.2) is 0 Å². The Kier molecular flexibility index (Phi) is 11.4. The average molecular weight is 1180 g/mol. The maximum Gasteiger partial charge on any atom is 0.161 e. The zero-order valence-electron chi connectivity index (χ0n) is 48.4. The Balaban J connectivity index is 0.000000130. The molecule has 0 atom stereocenters. The maximum absolute atomic E-state index is 6.60. The molecule has 0 bridgehead atoms. The molecule has 4 nitrogen and oxygen atoms in total. The van der Waals surface area contributed by atoms with Crippen LogP contribution in [0.1, 0.15) is 0 Å². The Bertz CT molecular complexity index is 6250. The minimum atomic E-state index is 0.903. The highest BCUT2D eigenvalue weighted by Crippen LogP contribution is 2.47. The molecular formula is C84H50N2O2S2. The second kappa shape index (κ2) is 20.1. The topological polar surface area (TPSA) is 36.1 Å². The van der Waals surface area contributed by atoms with Crippen LogP contribution in [0.5, 0.6) is 0 Å². The van der Waals surface area contributed by atoms with E-state index in [1.165, 1.54) is 106 Å². The van der Waals surface area contributed by atoms with Crippen molar-refractivity contribution in [2.24, 2.45) is 0 Å². The Hall–Kier alpha value is -11.3. The van der Waals surface area contributed by atoms with Gasteiger partial charge in [0.2, 0.25) is 0 Å². The van der Waals surface area contributed by atoms with Crippen LogP contribution in [-0.4, -0.2) is 9.13 Å². The van der Waals surface area contributed by atoms with Gasteiger partial charge in [-0.3, -0.25) is 0 Å². The van der Waals surface area contributed by atoms with E-state index in [4.69, 9.17) is 8.83 Å². The normalized spacial score (nSPS) is 12.0. The van der Waals surface area contributed by atoms with Gasteiger partial charge >= 0.3 is 0 Å². The minimum Gasteiger partial charge on any atom is -0.454 e. The van der Waals surface area contributed by atoms with Crippen molar-refractivity contribution in [2.45, 2.75) is 0 Å². The van der Waals surface area contributed by atoms with Crippen LogP contribution in [0.2, 0.25) is 0 Å². The summed E-state index contributed by atoms with van der Waals surface area (Å²) in [5.74, 6) is 0. The standard InChI is InChI=1S/2C42H25NOS/c1-2-11-31(12-3-1)43-36-15-7-6-13-34(36)42-41(43)40-32(14-8-16-37(40)44-42)27-19-17-26(18-20-27)30-21-22-33-35-23-28-9-4-5-10-29(28)24-39(35)45-38(33)25-30;1-2-10-30(11-3-1)43-35-15-7-6-13-33(35)42-41(43)40-32(14-8-16-36(40)44-42)28-19-17-26(18-20-28)29-21-23-34-38(25-29)45-37-24-22-27-9-4-5-12-31(27)39(34)37/h2*1-25H. The Morgan fingerprint density at radius 3 is 1.24 bits per heavy atom. The number of furan rings is 2. The minimum absolute atomic E-state index is 0.903. The summed E-state index contributed by atoms with van der Waals surface area (Å²) < 4.78 is 23.2. The molecule has 6 heterocycles. The fourth-order valence-electron chi connectivity index (χ4n) is 14.2. The summed E-state index contributed by atoms with van der Waals surface area (Å²) in [4.78, 5) is 0. The number of benzene rings is 14. The van der Waals surface area contributed by atoms with E-state index in [1.54, 1.807) is 0 Å². The molecule has 0 fully saturated rings. The van der Waals surface area contributed by atoms with Crippen LogP contribution in [0, 0.1) is 0 Å². The van der Waals surface area contributed by atoms with Crippen LogP contribution in [0.3, 0.4) is 0 Å². The fourth-order valence-corrected chi connectivity index (χ4v) is 16.6. The number of thiophene rings is 2. The molecule has 0 aliphatic rings. The van der Waals surface area contributed by atoms with Gasteiger partial charge in [-0.05, 0) is 157 Å². The third-order valence-corrected chi connectivity index (χ3v) is 20.6. The second-order valence-corrected chi connectivity index (χ2v) is 25.6. The zero-order valence-corrected chi connectivity index (χ0v) is 50.0. The van der Waals surface area contributed by atoms with Crippen molar-refractivity contribution in [3.8, 4) is 55.9 Å². The van der Waals surface area contributed by atoms with Gasteiger partial charge in [-0.15, -0.1) is 22.7 Å². The maximum atomic E-state index is 6.60. The highest BCUT2D eigenvalue weighted by Gasteiger charge is 2.24. The molecule has 90 heavy (non-hydrogen) atoms. The van der Waals surface area contributed by atoms with Crippen molar-refractivity contribution < 1.29 is 8.83 Å². The molecule has 0 saturated heterocycles. The van der Waals surface area contributed by atoms with Crippen LogP contribution in [-0.2, 0) is 0 Å². The molecule has 0 unspecified atom stereocenters. The monoisotopic (exact) mass is 1180 g/mol. The lowest BCUT2D eigenvalue weighted by molar-refractivity contribution is 0.672.